The number of aliphatic hydroxyl groups is 7. The third-order valence-corrected chi connectivity index (χ3v) is 8.62. The minimum Gasteiger partial charge on any atom is -0.507 e. The highest BCUT2D eigenvalue weighted by Gasteiger charge is 2.45. The van der Waals surface area contributed by atoms with Crippen molar-refractivity contribution < 1.29 is 60.2 Å². The SMILES string of the molecule is COc1cc([C@@H]2c3c(cc(CO)c(O)c3CO)C[C@@H](CO)[C@H]2CO[C@@H]2OC(CO)[C@@H](C)[C@H](O)C2O)cc(CO)c1O. The molecule has 2 aromatic rings. The molecule has 12 heteroatoms. The van der Waals surface area contributed by atoms with Crippen LogP contribution in [0.2, 0.25) is 0 Å². The molecule has 0 radical (unpaired) electrons. The van der Waals surface area contributed by atoms with Crippen molar-refractivity contribution in [1.82, 2.24) is 0 Å². The number of phenols is 2. The van der Waals surface area contributed by atoms with E-state index in [0.717, 1.165) is 0 Å². The first-order valence-corrected chi connectivity index (χ1v) is 13.6. The van der Waals surface area contributed by atoms with Gasteiger partial charge in [0.15, 0.2) is 17.8 Å². The Morgan fingerprint density at radius 2 is 1.56 bits per heavy atom. The van der Waals surface area contributed by atoms with Crippen LogP contribution in [0.25, 0.3) is 0 Å². The van der Waals surface area contributed by atoms with Gasteiger partial charge in [-0.05, 0) is 53.1 Å². The topological polar surface area (TPSA) is 210 Å². The average Bonchev–Trinajstić information content (AvgIpc) is 2.98. The van der Waals surface area contributed by atoms with E-state index in [1.54, 1.807) is 25.1 Å². The van der Waals surface area contributed by atoms with Gasteiger partial charge in [-0.3, -0.25) is 0 Å². The summed E-state index contributed by atoms with van der Waals surface area (Å²) >= 11 is 0. The Bertz CT molecular complexity index is 1180. The summed E-state index contributed by atoms with van der Waals surface area (Å²) in [5, 5.41) is 93.0. The predicted molar refractivity (Wildman–Crippen MR) is 143 cm³/mol. The van der Waals surface area contributed by atoms with E-state index in [0.29, 0.717) is 23.1 Å². The smallest absolute Gasteiger partial charge is 0.186 e. The molecule has 0 spiro atoms. The lowest BCUT2D eigenvalue weighted by atomic mass is 9.65. The number of methoxy groups -OCH3 is 1. The molecule has 41 heavy (non-hydrogen) atoms. The molecule has 2 unspecified atom stereocenters. The average molecular weight is 581 g/mol. The molecule has 2 aliphatic rings. The molecule has 228 valence electrons. The molecule has 1 fully saturated rings. The van der Waals surface area contributed by atoms with E-state index in [4.69, 9.17) is 14.2 Å². The Balaban J connectivity index is 1.85. The van der Waals surface area contributed by atoms with Crippen LogP contribution in [0.3, 0.4) is 0 Å². The van der Waals surface area contributed by atoms with Crippen LogP contribution >= 0.6 is 0 Å². The quantitative estimate of drug-likeness (QED) is 0.176. The monoisotopic (exact) mass is 580 g/mol. The molecule has 8 atom stereocenters. The molecule has 1 aliphatic carbocycles. The molecule has 0 bridgehead atoms. The zero-order valence-electron chi connectivity index (χ0n) is 23.1. The summed E-state index contributed by atoms with van der Waals surface area (Å²) in [7, 11) is 1.36. The molecule has 9 N–H and O–H groups in total. The molecule has 0 aromatic heterocycles. The molecule has 12 nitrogen and oxygen atoms in total. The third-order valence-electron chi connectivity index (χ3n) is 8.62. The summed E-state index contributed by atoms with van der Waals surface area (Å²) in [6.45, 7) is -0.718. The maximum atomic E-state index is 10.9. The molecular weight excluding hydrogens is 540 g/mol. The fourth-order valence-corrected chi connectivity index (χ4v) is 6.24. The van der Waals surface area contributed by atoms with E-state index >= 15 is 0 Å². The maximum absolute atomic E-state index is 10.9. The van der Waals surface area contributed by atoms with Crippen LogP contribution in [-0.2, 0) is 35.7 Å². The lowest BCUT2D eigenvalue weighted by Gasteiger charge is -2.44. The van der Waals surface area contributed by atoms with Crippen LogP contribution < -0.4 is 4.74 Å². The van der Waals surface area contributed by atoms with Gasteiger partial charge in [0.1, 0.15) is 11.9 Å². The van der Waals surface area contributed by atoms with Gasteiger partial charge in [0.05, 0.1) is 52.4 Å². The summed E-state index contributed by atoms with van der Waals surface area (Å²) in [6, 6.07) is 4.75. The number of ether oxygens (including phenoxy) is 3. The highest BCUT2D eigenvalue weighted by atomic mass is 16.7. The molecule has 4 rings (SSSR count). The fourth-order valence-electron chi connectivity index (χ4n) is 6.24. The van der Waals surface area contributed by atoms with Gasteiger partial charge in [0.25, 0.3) is 0 Å². The van der Waals surface area contributed by atoms with Crippen molar-refractivity contribution in [3.05, 3.63) is 51.6 Å². The number of rotatable bonds is 10. The van der Waals surface area contributed by atoms with Crippen molar-refractivity contribution in [2.24, 2.45) is 17.8 Å². The minimum absolute atomic E-state index is 0.0783. The van der Waals surface area contributed by atoms with E-state index in [9.17, 15) is 46.0 Å². The van der Waals surface area contributed by atoms with Gasteiger partial charge in [-0.1, -0.05) is 6.92 Å². The van der Waals surface area contributed by atoms with Crippen LogP contribution in [0.5, 0.6) is 17.2 Å². The second-order valence-corrected chi connectivity index (χ2v) is 10.8. The first-order chi connectivity index (χ1) is 19.6. The Kier molecular flexibility index (Phi) is 10.1. The number of fused-ring (bicyclic) bond motifs is 1. The first kappa shape index (κ1) is 31.4. The zero-order chi connectivity index (χ0) is 30.0. The number of hydrogen-bond acceptors (Lipinski definition) is 12. The van der Waals surface area contributed by atoms with Crippen LogP contribution in [0.15, 0.2) is 18.2 Å². The van der Waals surface area contributed by atoms with Crippen LogP contribution in [0.4, 0.5) is 0 Å². The number of aliphatic hydroxyl groups excluding tert-OH is 7. The van der Waals surface area contributed by atoms with Crippen molar-refractivity contribution in [2.45, 2.75) is 63.7 Å². The standard InChI is InChI=1S/C29H40O12/c1-13-22(11-34)41-29(28(38)25(13)35)40-12-20-16(7-30)3-14-4-17(8-31)26(36)19(10-33)23(14)24(20)15-5-18(9-32)27(37)21(6-15)39-2/h4-6,13,16,20,22,24-25,28-38H,3,7-12H2,1-2H3/t13-,16+,20-,22?,24+,25+,28?,29-/m1/s1. The van der Waals surface area contributed by atoms with Crippen LogP contribution in [0, 0.1) is 17.8 Å². The maximum Gasteiger partial charge on any atom is 0.186 e. The zero-order valence-corrected chi connectivity index (χ0v) is 23.1. The summed E-state index contributed by atoms with van der Waals surface area (Å²) in [6.07, 6.45) is -4.40. The van der Waals surface area contributed by atoms with Gasteiger partial charge in [0, 0.05) is 35.1 Å². The Morgan fingerprint density at radius 1 is 0.878 bits per heavy atom. The Labute approximate surface area is 237 Å². The van der Waals surface area contributed by atoms with Crippen molar-refractivity contribution in [3.8, 4) is 17.2 Å². The van der Waals surface area contributed by atoms with E-state index in [1.165, 1.54) is 7.11 Å². The van der Waals surface area contributed by atoms with Gasteiger partial charge < -0.3 is 60.2 Å². The van der Waals surface area contributed by atoms with Crippen molar-refractivity contribution in [3.63, 3.8) is 0 Å². The number of aromatic hydroxyl groups is 2. The molecule has 1 heterocycles. The van der Waals surface area contributed by atoms with Gasteiger partial charge in [-0.2, -0.15) is 0 Å². The molecule has 0 saturated carbocycles. The number of benzene rings is 2. The molecule has 1 aliphatic heterocycles. The minimum atomic E-state index is -1.41. The van der Waals surface area contributed by atoms with Gasteiger partial charge >= 0.3 is 0 Å². The van der Waals surface area contributed by atoms with Crippen molar-refractivity contribution in [2.75, 3.05) is 26.9 Å². The molecule has 2 aromatic carbocycles. The lowest BCUT2D eigenvalue weighted by Crippen LogP contribution is -2.55. The molecular formula is C29H40O12. The van der Waals surface area contributed by atoms with E-state index in [1.807, 2.05) is 0 Å². The van der Waals surface area contributed by atoms with Gasteiger partial charge in [0.2, 0.25) is 0 Å². The van der Waals surface area contributed by atoms with Crippen LogP contribution in [-0.4, -0.2) is 97.5 Å². The molecule has 0 amide bonds. The molecule has 1 saturated heterocycles. The highest BCUT2D eigenvalue weighted by Crippen LogP contribution is 2.50. The number of hydrogen-bond donors (Lipinski definition) is 9. The summed E-state index contributed by atoms with van der Waals surface area (Å²) in [4.78, 5) is 0. The second kappa shape index (κ2) is 13.2. The van der Waals surface area contributed by atoms with Crippen molar-refractivity contribution in [1.29, 1.82) is 0 Å². The Morgan fingerprint density at radius 3 is 2.15 bits per heavy atom. The van der Waals surface area contributed by atoms with E-state index in [-0.39, 0.29) is 47.2 Å². The first-order valence-electron chi connectivity index (χ1n) is 13.6. The third kappa shape index (κ3) is 5.76. The summed E-state index contributed by atoms with van der Waals surface area (Å²) in [5.74, 6) is -2.72. The summed E-state index contributed by atoms with van der Waals surface area (Å²) in [5.41, 5.74) is 2.29. The fraction of sp³-hybridized carbons (Fsp3) is 0.586. The normalized spacial score (nSPS) is 29.8. The lowest BCUT2D eigenvalue weighted by molar-refractivity contribution is -0.291. The van der Waals surface area contributed by atoms with Gasteiger partial charge in [-0.25, -0.2) is 0 Å². The highest BCUT2D eigenvalue weighted by molar-refractivity contribution is 5.57. The predicted octanol–water partition coefficient (Wildman–Crippen LogP) is -0.412. The second-order valence-electron chi connectivity index (χ2n) is 10.8. The summed E-state index contributed by atoms with van der Waals surface area (Å²) < 4.78 is 17.1. The van der Waals surface area contributed by atoms with E-state index in [2.05, 4.69) is 0 Å². The van der Waals surface area contributed by atoms with Crippen LogP contribution in [0.1, 0.15) is 46.2 Å². The Hall–Kier alpha value is -2.52. The largest absolute Gasteiger partial charge is 0.507 e. The van der Waals surface area contributed by atoms with E-state index < -0.39 is 74.7 Å². The van der Waals surface area contributed by atoms with Crippen molar-refractivity contribution >= 4 is 0 Å². The van der Waals surface area contributed by atoms with Gasteiger partial charge in [-0.15, -0.1) is 0 Å².